The molecule has 1 aliphatic rings. The second kappa shape index (κ2) is 6.45. The fourth-order valence-electron chi connectivity index (χ4n) is 2.12. The second-order valence-electron chi connectivity index (χ2n) is 5.80. The van der Waals surface area contributed by atoms with Crippen LogP contribution in [0, 0.1) is 11.8 Å². The summed E-state index contributed by atoms with van der Waals surface area (Å²) in [5.41, 5.74) is 0. The van der Waals surface area contributed by atoms with Crippen LogP contribution in [0.4, 0.5) is 0 Å². The van der Waals surface area contributed by atoms with Crippen LogP contribution in [0.25, 0.3) is 0 Å². The van der Waals surface area contributed by atoms with Gasteiger partial charge >= 0.3 is 5.97 Å². The fraction of sp³-hybridized carbons (Fsp3) is 0.846. The molecule has 1 fully saturated rings. The molecule has 0 bridgehead atoms. The van der Waals surface area contributed by atoms with Crippen LogP contribution in [0.1, 0.15) is 40.0 Å². The summed E-state index contributed by atoms with van der Waals surface area (Å²) in [4.78, 5) is 22.6. The predicted octanol–water partition coefficient (Wildman–Crippen LogP) is 2.14. The van der Waals surface area contributed by atoms with Crippen molar-refractivity contribution < 1.29 is 14.7 Å². The van der Waals surface area contributed by atoms with Crippen LogP contribution >= 0.6 is 11.8 Å². The first-order valence-electron chi connectivity index (χ1n) is 6.44. The van der Waals surface area contributed by atoms with E-state index in [0.717, 1.165) is 5.75 Å². The quantitative estimate of drug-likeness (QED) is 0.753. The number of hydrogen-bond acceptors (Lipinski definition) is 3. The molecule has 0 spiro atoms. The molecule has 0 heterocycles. The normalized spacial score (nSPS) is 23.9. The average Bonchev–Trinajstić information content (AvgIpc) is 2.72. The van der Waals surface area contributed by atoms with E-state index in [1.54, 1.807) is 0 Å². The maximum absolute atomic E-state index is 11.8. The van der Waals surface area contributed by atoms with E-state index in [-0.39, 0.29) is 22.5 Å². The lowest BCUT2D eigenvalue weighted by Crippen LogP contribution is -2.32. The van der Waals surface area contributed by atoms with E-state index in [4.69, 9.17) is 5.11 Å². The molecule has 2 N–H and O–H groups in total. The molecular weight excluding hydrogens is 250 g/mol. The molecule has 0 aromatic carbocycles. The summed E-state index contributed by atoms with van der Waals surface area (Å²) in [5, 5.41) is 11.8. The summed E-state index contributed by atoms with van der Waals surface area (Å²) in [6, 6.07) is 0. The highest BCUT2D eigenvalue weighted by Gasteiger charge is 2.33. The van der Waals surface area contributed by atoms with Crippen molar-refractivity contribution >= 4 is 23.6 Å². The molecule has 2 atom stereocenters. The van der Waals surface area contributed by atoms with Crippen molar-refractivity contribution in [1.82, 2.24) is 5.32 Å². The molecule has 1 aliphatic carbocycles. The molecule has 4 nitrogen and oxygen atoms in total. The number of nitrogens with one attached hydrogen (secondary N) is 1. The van der Waals surface area contributed by atoms with Gasteiger partial charge < -0.3 is 10.4 Å². The smallest absolute Gasteiger partial charge is 0.306 e. The second-order valence-corrected chi connectivity index (χ2v) is 7.72. The first kappa shape index (κ1) is 15.3. The summed E-state index contributed by atoms with van der Waals surface area (Å²) < 4.78 is 0.215. The number of carbonyl (C=O) groups excluding carboxylic acids is 1. The summed E-state index contributed by atoms with van der Waals surface area (Å²) in [6.07, 6.45) is 1.83. The first-order valence-corrected chi connectivity index (χ1v) is 7.42. The number of carboxylic acid groups (broad SMARTS) is 1. The van der Waals surface area contributed by atoms with Crippen molar-refractivity contribution in [3.05, 3.63) is 0 Å². The maximum Gasteiger partial charge on any atom is 0.306 e. The maximum atomic E-state index is 11.8. The van der Waals surface area contributed by atoms with Gasteiger partial charge in [0.2, 0.25) is 5.91 Å². The largest absolute Gasteiger partial charge is 0.481 e. The molecule has 1 saturated carbocycles. The highest BCUT2D eigenvalue weighted by molar-refractivity contribution is 8.00. The van der Waals surface area contributed by atoms with Crippen LogP contribution < -0.4 is 5.32 Å². The highest BCUT2D eigenvalue weighted by atomic mass is 32.2. The average molecular weight is 273 g/mol. The molecule has 0 aliphatic heterocycles. The van der Waals surface area contributed by atoms with E-state index in [1.807, 2.05) is 11.8 Å². The lowest BCUT2D eigenvalue weighted by atomic mass is 10.0. The molecule has 0 unspecified atom stereocenters. The Bertz CT molecular complexity index is 312. The Morgan fingerprint density at radius 1 is 1.28 bits per heavy atom. The lowest BCUT2D eigenvalue weighted by molar-refractivity contribution is -0.141. The Balaban J connectivity index is 2.20. The van der Waals surface area contributed by atoms with Gasteiger partial charge in [-0.05, 0) is 19.3 Å². The molecule has 104 valence electrons. The Kier molecular flexibility index (Phi) is 5.50. The molecular formula is C13H23NO3S. The van der Waals surface area contributed by atoms with E-state index in [1.165, 1.54) is 0 Å². The zero-order valence-corrected chi connectivity index (χ0v) is 12.2. The number of thioether (sulfide) groups is 1. The van der Waals surface area contributed by atoms with E-state index in [9.17, 15) is 9.59 Å². The third-order valence-electron chi connectivity index (χ3n) is 3.09. The van der Waals surface area contributed by atoms with Gasteiger partial charge in [-0.1, -0.05) is 20.8 Å². The van der Waals surface area contributed by atoms with Crippen molar-refractivity contribution in [3.63, 3.8) is 0 Å². The van der Waals surface area contributed by atoms with Gasteiger partial charge in [0.1, 0.15) is 0 Å². The van der Waals surface area contributed by atoms with Crippen LogP contribution in [-0.2, 0) is 9.59 Å². The van der Waals surface area contributed by atoms with Crippen molar-refractivity contribution in [1.29, 1.82) is 0 Å². The van der Waals surface area contributed by atoms with E-state index in [0.29, 0.717) is 25.8 Å². The van der Waals surface area contributed by atoms with Crippen LogP contribution in [0.5, 0.6) is 0 Å². The molecule has 0 aromatic rings. The van der Waals surface area contributed by atoms with Crippen molar-refractivity contribution in [2.75, 3.05) is 12.3 Å². The first-order chi connectivity index (χ1) is 8.29. The van der Waals surface area contributed by atoms with E-state index in [2.05, 4.69) is 26.1 Å². The number of carboxylic acids is 1. The summed E-state index contributed by atoms with van der Waals surface area (Å²) in [6.45, 7) is 7.10. The zero-order valence-electron chi connectivity index (χ0n) is 11.4. The number of amides is 1. The minimum atomic E-state index is -0.770. The molecule has 0 radical (unpaired) electrons. The van der Waals surface area contributed by atoms with Crippen LogP contribution in [-0.4, -0.2) is 34.0 Å². The molecule has 0 saturated heterocycles. The third kappa shape index (κ3) is 5.29. The van der Waals surface area contributed by atoms with Gasteiger partial charge in [0, 0.05) is 23.0 Å². The van der Waals surface area contributed by atoms with E-state index >= 15 is 0 Å². The van der Waals surface area contributed by atoms with Gasteiger partial charge in [0.05, 0.1) is 5.92 Å². The molecule has 0 aromatic heterocycles. The topological polar surface area (TPSA) is 66.4 Å². The van der Waals surface area contributed by atoms with Gasteiger partial charge in [0.25, 0.3) is 0 Å². The number of hydrogen-bond donors (Lipinski definition) is 2. The predicted molar refractivity (Wildman–Crippen MR) is 73.7 cm³/mol. The van der Waals surface area contributed by atoms with Gasteiger partial charge in [-0.3, -0.25) is 9.59 Å². The monoisotopic (exact) mass is 273 g/mol. The lowest BCUT2D eigenvalue weighted by Gasteiger charge is -2.18. The Morgan fingerprint density at radius 3 is 2.39 bits per heavy atom. The summed E-state index contributed by atoms with van der Waals surface area (Å²) in [5.74, 6) is -0.290. The summed E-state index contributed by atoms with van der Waals surface area (Å²) >= 11 is 1.81. The Hall–Kier alpha value is -0.710. The minimum Gasteiger partial charge on any atom is -0.481 e. The van der Waals surface area contributed by atoms with Crippen LogP contribution in [0.3, 0.4) is 0 Å². The summed E-state index contributed by atoms with van der Waals surface area (Å²) in [7, 11) is 0. The fourth-order valence-corrected chi connectivity index (χ4v) is 2.94. The molecule has 1 rings (SSSR count). The van der Waals surface area contributed by atoms with Crippen LogP contribution in [0.15, 0.2) is 0 Å². The molecule has 18 heavy (non-hydrogen) atoms. The van der Waals surface area contributed by atoms with E-state index < -0.39 is 5.97 Å². The van der Waals surface area contributed by atoms with Crippen molar-refractivity contribution in [2.24, 2.45) is 11.8 Å². The Morgan fingerprint density at radius 2 is 1.89 bits per heavy atom. The standard InChI is InChI=1S/C13H23NO3S/c1-13(2,3)18-7-6-14-11(15)9-4-5-10(8-9)12(16)17/h9-10H,4-8H2,1-3H3,(H,14,15)(H,16,17)/t9-,10+/m1/s1. The van der Waals surface area contributed by atoms with Gasteiger partial charge in [-0.15, -0.1) is 0 Å². The highest BCUT2D eigenvalue weighted by Crippen LogP contribution is 2.31. The third-order valence-corrected chi connectivity index (χ3v) is 4.36. The molecule has 5 heteroatoms. The van der Waals surface area contributed by atoms with Crippen molar-refractivity contribution in [2.45, 2.75) is 44.8 Å². The van der Waals surface area contributed by atoms with Crippen LogP contribution in [0.2, 0.25) is 0 Å². The van der Waals surface area contributed by atoms with Gasteiger partial charge in [-0.2, -0.15) is 11.8 Å². The zero-order chi connectivity index (χ0) is 13.8. The van der Waals surface area contributed by atoms with Crippen molar-refractivity contribution in [3.8, 4) is 0 Å². The number of rotatable bonds is 5. The number of carbonyl (C=O) groups is 2. The SMILES string of the molecule is CC(C)(C)SCCNC(=O)[C@@H]1CC[C@H](C(=O)O)C1. The molecule has 1 amide bonds. The van der Waals surface area contributed by atoms with Gasteiger partial charge in [-0.25, -0.2) is 0 Å². The minimum absolute atomic E-state index is 0.0215. The van der Waals surface area contributed by atoms with Gasteiger partial charge in [0.15, 0.2) is 0 Å². The number of aliphatic carboxylic acids is 1. The Labute approximate surface area is 113 Å².